The van der Waals surface area contributed by atoms with E-state index in [1.54, 1.807) is 11.1 Å². The van der Waals surface area contributed by atoms with Crippen LogP contribution in [0.3, 0.4) is 0 Å². The Morgan fingerprint density at radius 3 is 1.60 bits per heavy atom. The van der Waals surface area contributed by atoms with Crippen LogP contribution in [0.1, 0.15) is 59.9 Å². The van der Waals surface area contributed by atoms with Crippen molar-refractivity contribution in [2.45, 2.75) is 42.9 Å². The molecule has 6 aliphatic rings. The van der Waals surface area contributed by atoms with Crippen molar-refractivity contribution in [2.75, 3.05) is 4.90 Å². The van der Waals surface area contributed by atoms with Crippen molar-refractivity contribution >= 4 is 27.8 Å². The SMILES string of the molecule is C1=C2CC3CC1CC(c1ccc(-c4ccc(N(c5cccc(-c6cccc7cccc(-c8ccccc8)c67)c5)c5ccc6c(c5)-c5ccccc5C65c6ccccc6-c6ccccc65)cc4)cc1)(C2)C3. The van der Waals surface area contributed by atoms with E-state index >= 15 is 0 Å². The van der Waals surface area contributed by atoms with Crippen LogP contribution < -0.4 is 4.90 Å². The molecule has 0 aromatic heterocycles. The van der Waals surface area contributed by atoms with Gasteiger partial charge in [0.05, 0.1) is 5.41 Å². The molecule has 0 radical (unpaired) electrons. The average molecular weight is 894 g/mol. The summed E-state index contributed by atoms with van der Waals surface area (Å²) in [5.41, 5.74) is 24.7. The molecule has 2 saturated carbocycles. The van der Waals surface area contributed by atoms with Crippen LogP contribution in [0.5, 0.6) is 0 Å². The van der Waals surface area contributed by atoms with E-state index in [-0.39, 0.29) is 0 Å². The van der Waals surface area contributed by atoms with Gasteiger partial charge in [0.2, 0.25) is 0 Å². The summed E-state index contributed by atoms with van der Waals surface area (Å²) in [4.78, 5) is 2.48. The fourth-order valence-electron chi connectivity index (χ4n) is 14.6. The number of rotatable bonds is 7. The van der Waals surface area contributed by atoms with E-state index in [1.807, 2.05) is 0 Å². The first-order valence-electron chi connectivity index (χ1n) is 25.4. The van der Waals surface area contributed by atoms with Crippen LogP contribution in [0, 0.1) is 11.8 Å². The van der Waals surface area contributed by atoms with Crippen LogP contribution in [0.25, 0.3) is 66.4 Å². The van der Waals surface area contributed by atoms with Crippen molar-refractivity contribution in [3.63, 3.8) is 0 Å². The lowest BCUT2D eigenvalue weighted by Gasteiger charge is -2.53. The standard InChI is InChI=1S/C69H51N/c1-2-13-50(14-3-1)57-22-11-15-51-16-12-23-58(67(51)57)52-17-10-18-55(40-52)70(54-33-29-49(30-34-54)48-27-31-53(32-28-48)68-42-45-37-46(43-68)39-47(38-45)44-68)56-35-36-66-62(41-56)61-21-6-9-26-65(61)69(66)63-24-7-4-19-59(63)60-20-5-8-25-64(60)69/h1-37,40-41,45,47H,38-39,42-44H2. The second-order valence-corrected chi connectivity index (χ2v) is 21.0. The smallest absolute Gasteiger partial charge is 0.0725 e. The van der Waals surface area contributed by atoms with Crippen molar-refractivity contribution in [3.8, 4) is 55.6 Å². The number of hydrogen-bond donors (Lipinski definition) is 0. The van der Waals surface area contributed by atoms with Crippen molar-refractivity contribution in [1.82, 2.24) is 0 Å². The first-order chi connectivity index (χ1) is 34.6. The van der Waals surface area contributed by atoms with Gasteiger partial charge in [-0.1, -0.05) is 206 Å². The molecular formula is C69H51N. The molecule has 1 heteroatoms. The zero-order chi connectivity index (χ0) is 46.0. The minimum Gasteiger partial charge on any atom is -0.310 e. The number of hydrogen-bond acceptors (Lipinski definition) is 1. The molecule has 10 aromatic carbocycles. The summed E-state index contributed by atoms with van der Waals surface area (Å²) >= 11 is 0. The predicted molar refractivity (Wildman–Crippen MR) is 291 cm³/mol. The number of fused-ring (bicyclic) bond motifs is 11. The highest BCUT2D eigenvalue weighted by atomic mass is 15.1. The van der Waals surface area contributed by atoms with Crippen LogP contribution in [-0.2, 0) is 10.8 Å². The third kappa shape index (κ3) is 5.85. The summed E-state index contributed by atoms with van der Waals surface area (Å²) < 4.78 is 0. The molecule has 6 aliphatic carbocycles. The molecule has 3 atom stereocenters. The molecule has 332 valence electrons. The second kappa shape index (κ2) is 15.3. The highest BCUT2D eigenvalue weighted by molar-refractivity contribution is 6.07. The number of benzene rings is 10. The van der Waals surface area contributed by atoms with Crippen molar-refractivity contribution in [1.29, 1.82) is 0 Å². The molecule has 1 nitrogen and oxygen atoms in total. The summed E-state index contributed by atoms with van der Waals surface area (Å²) in [5, 5.41) is 2.51. The molecule has 2 fully saturated rings. The van der Waals surface area contributed by atoms with Crippen LogP contribution in [0.15, 0.2) is 242 Å². The van der Waals surface area contributed by atoms with Gasteiger partial charge in [-0.05, 0) is 180 Å². The van der Waals surface area contributed by atoms with E-state index in [9.17, 15) is 0 Å². The number of anilines is 3. The normalized spacial score (nSPS) is 19.4. The monoisotopic (exact) mass is 893 g/mol. The Bertz CT molecular complexity index is 3710. The van der Waals surface area contributed by atoms with Crippen LogP contribution in [0.2, 0.25) is 0 Å². The first-order valence-corrected chi connectivity index (χ1v) is 25.4. The maximum absolute atomic E-state index is 2.63. The van der Waals surface area contributed by atoms with E-state index < -0.39 is 5.41 Å². The lowest BCUT2D eigenvalue weighted by molar-refractivity contribution is 0.130. The summed E-state index contributed by atoms with van der Waals surface area (Å²) in [6.07, 6.45) is 9.30. The fraction of sp³-hybridized carbons (Fsp3) is 0.130. The quantitative estimate of drug-likeness (QED) is 0.144. The molecule has 10 aromatic rings. The first kappa shape index (κ1) is 39.9. The third-order valence-corrected chi connectivity index (χ3v) is 17.2. The Hall–Kier alpha value is -8.00. The highest BCUT2D eigenvalue weighted by Gasteiger charge is 2.52. The molecule has 0 heterocycles. The number of allylic oxidation sites excluding steroid dienone is 2. The molecule has 0 amide bonds. The van der Waals surface area contributed by atoms with Gasteiger partial charge >= 0.3 is 0 Å². The van der Waals surface area contributed by atoms with Gasteiger partial charge in [-0.25, -0.2) is 0 Å². The molecule has 0 saturated heterocycles. The van der Waals surface area contributed by atoms with Gasteiger partial charge in [-0.3, -0.25) is 0 Å². The number of nitrogens with zero attached hydrogens (tertiary/aromatic N) is 1. The molecule has 1 spiro atoms. The van der Waals surface area contributed by atoms with E-state index in [4.69, 9.17) is 0 Å². The summed E-state index contributed by atoms with van der Waals surface area (Å²) in [5.74, 6) is 1.66. The predicted octanol–water partition coefficient (Wildman–Crippen LogP) is 18.0. The van der Waals surface area contributed by atoms with Crippen molar-refractivity contribution in [2.24, 2.45) is 11.8 Å². The van der Waals surface area contributed by atoms with Crippen LogP contribution in [0.4, 0.5) is 17.1 Å². The van der Waals surface area contributed by atoms with Gasteiger partial charge in [0.1, 0.15) is 0 Å². The van der Waals surface area contributed by atoms with E-state index in [1.165, 1.54) is 121 Å². The van der Waals surface area contributed by atoms with Crippen molar-refractivity contribution in [3.05, 3.63) is 270 Å². The van der Waals surface area contributed by atoms with Crippen LogP contribution in [-0.4, -0.2) is 0 Å². The minimum absolute atomic E-state index is 0.336. The van der Waals surface area contributed by atoms with Gasteiger partial charge < -0.3 is 4.90 Å². The third-order valence-electron chi connectivity index (χ3n) is 17.2. The molecule has 16 rings (SSSR count). The Morgan fingerprint density at radius 1 is 0.386 bits per heavy atom. The maximum atomic E-state index is 2.63. The zero-order valence-corrected chi connectivity index (χ0v) is 39.2. The summed E-state index contributed by atoms with van der Waals surface area (Å²) in [6.45, 7) is 0. The average Bonchev–Trinajstić information content (AvgIpc) is 3.88. The van der Waals surface area contributed by atoms with E-state index in [0.29, 0.717) is 5.41 Å². The highest BCUT2D eigenvalue weighted by Crippen LogP contribution is 2.63. The minimum atomic E-state index is -0.391. The molecule has 70 heavy (non-hydrogen) atoms. The van der Waals surface area contributed by atoms with Gasteiger partial charge in [0.25, 0.3) is 0 Å². The zero-order valence-electron chi connectivity index (χ0n) is 39.2. The molecule has 0 aliphatic heterocycles. The van der Waals surface area contributed by atoms with Gasteiger partial charge in [-0.2, -0.15) is 0 Å². The van der Waals surface area contributed by atoms with Crippen molar-refractivity contribution < 1.29 is 0 Å². The van der Waals surface area contributed by atoms with Gasteiger partial charge in [0.15, 0.2) is 0 Å². The fourth-order valence-corrected chi connectivity index (χ4v) is 14.6. The summed E-state index contributed by atoms with van der Waals surface area (Å²) in [7, 11) is 0. The molecule has 0 N–H and O–H groups in total. The van der Waals surface area contributed by atoms with Gasteiger partial charge in [-0.15, -0.1) is 0 Å². The Morgan fingerprint density at radius 2 is 0.929 bits per heavy atom. The lowest BCUT2D eigenvalue weighted by atomic mass is 9.52. The van der Waals surface area contributed by atoms with E-state index in [0.717, 1.165) is 28.9 Å². The van der Waals surface area contributed by atoms with E-state index in [2.05, 4.69) is 241 Å². The Kier molecular flexibility index (Phi) is 8.70. The second-order valence-electron chi connectivity index (χ2n) is 21.0. The van der Waals surface area contributed by atoms with Crippen LogP contribution >= 0.6 is 0 Å². The Balaban J connectivity index is 0.875. The molecular weight excluding hydrogens is 843 g/mol. The topological polar surface area (TPSA) is 3.24 Å². The van der Waals surface area contributed by atoms with Gasteiger partial charge in [0, 0.05) is 17.1 Å². The lowest BCUT2D eigenvalue weighted by Crippen LogP contribution is -2.43. The maximum Gasteiger partial charge on any atom is 0.0725 e. The molecule has 4 bridgehead atoms. The Labute approximate surface area is 411 Å². The molecule has 3 unspecified atom stereocenters. The largest absolute Gasteiger partial charge is 0.310 e. The summed E-state index contributed by atoms with van der Waals surface area (Å²) in [6, 6.07) is 87.1.